The van der Waals surface area contributed by atoms with Crippen LogP contribution in [0.1, 0.15) is 37.8 Å². The molecule has 2 aromatic rings. The minimum Gasteiger partial charge on any atom is -0.351 e. The van der Waals surface area contributed by atoms with E-state index in [0.717, 1.165) is 11.1 Å². The molecule has 152 valence electrons. The van der Waals surface area contributed by atoms with Gasteiger partial charge in [-0.2, -0.15) is 0 Å². The Morgan fingerprint density at radius 2 is 1.36 bits per heavy atom. The fraction of sp³-hybridized carbons (Fsp3) is 0.364. The summed E-state index contributed by atoms with van der Waals surface area (Å²) in [5.41, 5.74) is 8.06. The van der Waals surface area contributed by atoms with Crippen LogP contribution in [-0.2, 0) is 9.59 Å². The average Bonchev–Trinajstić information content (AvgIpc) is 2.67. The van der Waals surface area contributed by atoms with Crippen molar-refractivity contribution in [3.63, 3.8) is 0 Å². The lowest BCUT2D eigenvalue weighted by atomic mass is 9.86. The summed E-state index contributed by atoms with van der Waals surface area (Å²) in [5, 5.41) is 5.62. The molecule has 2 aromatic carbocycles. The van der Waals surface area contributed by atoms with E-state index in [1.54, 1.807) is 0 Å². The average molecular weight is 404 g/mol. The van der Waals surface area contributed by atoms with E-state index in [1.807, 2.05) is 57.2 Å². The van der Waals surface area contributed by atoms with Gasteiger partial charge in [-0.3, -0.25) is 9.59 Å². The molecule has 0 bridgehead atoms. The zero-order valence-electron chi connectivity index (χ0n) is 16.6. The molecule has 0 aliphatic rings. The molecule has 2 atom stereocenters. The van der Waals surface area contributed by atoms with Gasteiger partial charge in [-0.1, -0.05) is 74.5 Å². The smallest absolute Gasteiger partial charge is 0.239 e. The van der Waals surface area contributed by atoms with Crippen molar-refractivity contribution in [3.05, 3.63) is 71.8 Å². The number of rotatable bonds is 8. The summed E-state index contributed by atoms with van der Waals surface area (Å²) in [5.74, 6) is -0.503. The second kappa shape index (κ2) is 11.5. The van der Waals surface area contributed by atoms with Gasteiger partial charge < -0.3 is 16.4 Å². The highest BCUT2D eigenvalue weighted by Gasteiger charge is 2.23. The van der Waals surface area contributed by atoms with Crippen molar-refractivity contribution in [2.24, 2.45) is 11.7 Å². The van der Waals surface area contributed by atoms with E-state index < -0.39 is 6.04 Å². The van der Waals surface area contributed by atoms with Crippen LogP contribution in [0.3, 0.4) is 0 Å². The van der Waals surface area contributed by atoms with Gasteiger partial charge in [0.05, 0.1) is 12.6 Å². The van der Waals surface area contributed by atoms with Crippen LogP contribution in [-0.4, -0.2) is 30.4 Å². The third-order valence-corrected chi connectivity index (χ3v) is 4.65. The van der Waals surface area contributed by atoms with Gasteiger partial charge in [-0.25, -0.2) is 0 Å². The second-order valence-electron chi connectivity index (χ2n) is 7.14. The van der Waals surface area contributed by atoms with Crippen LogP contribution < -0.4 is 16.4 Å². The largest absolute Gasteiger partial charge is 0.351 e. The van der Waals surface area contributed by atoms with Crippen molar-refractivity contribution in [1.29, 1.82) is 0 Å². The molecule has 2 amide bonds. The molecule has 1 unspecified atom stereocenters. The van der Waals surface area contributed by atoms with Crippen molar-refractivity contribution < 1.29 is 9.59 Å². The Labute approximate surface area is 173 Å². The normalized spacial score (nSPS) is 12.8. The van der Waals surface area contributed by atoms with E-state index in [9.17, 15) is 9.59 Å². The Morgan fingerprint density at radius 3 is 1.79 bits per heavy atom. The number of amides is 2. The number of hydrogen-bond acceptors (Lipinski definition) is 3. The van der Waals surface area contributed by atoms with E-state index >= 15 is 0 Å². The summed E-state index contributed by atoms with van der Waals surface area (Å²) in [6.45, 7) is 5.64. The van der Waals surface area contributed by atoms with Crippen LogP contribution in [0.4, 0.5) is 0 Å². The number of carbonyl (C=O) groups excluding carboxylic acids is 2. The summed E-state index contributed by atoms with van der Waals surface area (Å²) in [6, 6.07) is 19.4. The van der Waals surface area contributed by atoms with Crippen LogP contribution in [0.5, 0.6) is 0 Å². The number of nitrogens with two attached hydrogens (primary N) is 1. The third kappa shape index (κ3) is 6.66. The molecule has 0 heterocycles. The third-order valence-electron chi connectivity index (χ3n) is 4.65. The summed E-state index contributed by atoms with van der Waals surface area (Å²) < 4.78 is 0. The van der Waals surface area contributed by atoms with Gasteiger partial charge in [0.25, 0.3) is 0 Å². The maximum absolute atomic E-state index is 12.4. The second-order valence-corrected chi connectivity index (χ2v) is 7.14. The van der Waals surface area contributed by atoms with E-state index in [2.05, 4.69) is 34.9 Å². The molecule has 4 N–H and O–H groups in total. The predicted molar refractivity (Wildman–Crippen MR) is 115 cm³/mol. The Kier molecular flexibility index (Phi) is 9.69. The number of halogens is 1. The van der Waals surface area contributed by atoms with Gasteiger partial charge in [-0.05, 0) is 24.0 Å². The van der Waals surface area contributed by atoms with E-state index in [-0.39, 0.29) is 48.6 Å². The molecular formula is C22H30ClN3O2. The minimum atomic E-state index is -0.614. The van der Waals surface area contributed by atoms with Crippen LogP contribution in [0.2, 0.25) is 0 Å². The molecule has 0 aliphatic carbocycles. The summed E-state index contributed by atoms with van der Waals surface area (Å²) >= 11 is 0. The number of nitrogens with one attached hydrogen (secondary N) is 2. The fourth-order valence-electron chi connectivity index (χ4n) is 3.07. The number of carbonyl (C=O) groups is 2. The molecule has 2 rings (SSSR count). The van der Waals surface area contributed by atoms with Crippen LogP contribution in [0.25, 0.3) is 0 Å². The highest BCUT2D eigenvalue weighted by Crippen LogP contribution is 2.27. The van der Waals surface area contributed by atoms with Crippen molar-refractivity contribution in [1.82, 2.24) is 10.6 Å². The van der Waals surface area contributed by atoms with Gasteiger partial charge in [-0.15, -0.1) is 12.4 Å². The lowest BCUT2D eigenvalue weighted by Crippen LogP contribution is -2.48. The molecule has 6 heteroatoms. The fourth-order valence-corrected chi connectivity index (χ4v) is 3.07. The number of benzene rings is 2. The molecule has 0 aliphatic heterocycles. The zero-order chi connectivity index (χ0) is 19.8. The molecule has 0 aromatic heterocycles. The summed E-state index contributed by atoms with van der Waals surface area (Å²) in [4.78, 5) is 24.3. The first kappa shape index (κ1) is 23.7. The van der Waals surface area contributed by atoms with Crippen LogP contribution in [0, 0.1) is 5.92 Å². The first-order valence-electron chi connectivity index (χ1n) is 9.32. The van der Waals surface area contributed by atoms with Crippen molar-refractivity contribution in [2.75, 3.05) is 6.54 Å². The Balaban J connectivity index is 0.00000392. The van der Waals surface area contributed by atoms with E-state index in [1.165, 1.54) is 0 Å². The van der Waals surface area contributed by atoms with Gasteiger partial charge in [0.15, 0.2) is 0 Å². The summed E-state index contributed by atoms with van der Waals surface area (Å²) in [6.07, 6.45) is 0. The molecule has 28 heavy (non-hydrogen) atoms. The van der Waals surface area contributed by atoms with Gasteiger partial charge in [0.1, 0.15) is 0 Å². The van der Waals surface area contributed by atoms with Crippen molar-refractivity contribution >= 4 is 24.2 Å². The van der Waals surface area contributed by atoms with Gasteiger partial charge in [0.2, 0.25) is 11.8 Å². The summed E-state index contributed by atoms with van der Waals surface area (Å²) in [7, 11) is 0. The Hall–Kier alpha value is -2.37. The molecule has 0 saturated carbocycles. The minimum absolute atomic E-state index is 0. The lowest BCUT2D eigenvalue weighted by Gasteiger charge is -2.26. The molecular weight excluding hydrogens is 374 g/mol. The first-order chi connectivity index (χ1) is 12.9. The molecule has 0 radical (unpaired) electrons. The van der Waals surface area contributed by atoms with Gasteiger partial charge >= 0.3 is 0 Å². The molecule has 0 spiro atoms. The van der Waals surface area contributed by atoms with E-state index in [4.69, 9.17) is 5.73 Å². The SMILES string of the molecule is CC(NC(=O)CNC(=O)[C@@H](N)C(C)C)C(c1ccccc1)c1ccccc1.Cl. The van der Waals surface area contributed by atoms with Crippen molar-refractivity contribution in [3.8, 4) is 0 Å². The van der Waals surface area contributed by atoms with Crippen molar-refractivity contribution in [2.45, 2.75) is 38.8 Å². The standard InChI is InChI=1S/C22H29N3O2.ClH/c1-15(2)21(23)22(27)24-14-19(26)25-16(3)20(17-10-6-4-7-11-17)18-12-8-5-9-13-18;/h4-13,15-16,20-21H,14,23H2,1-3H3,(H,24,27)(H,25,26);1H/t16?,21-;/m0./s1. The first-order valence-corrected chi connectivity index (χ1v) is 9.32. The highest BCUT2D eigenvalue weighted by atomic mass is 35.5. The van der Waals surface area contributed by atoms with E-state index in [0.29, 0.717) is 0 Å². The topological polar surface area (TPSA) is 84.2 Å². The number of hydrogen-bond donors (Lipinski definition) is 3. The lowest BCUT2D eigenvalue weighted by molar-refractivity contribution is -0.127. The maximum Gasteiger partial charge on any atom is 0.239 e. The maximum atomic E-state index is 12.4. The molecule has 0 saturated heterocycles. The highest BCUT2D eigenvalue weighted by molar-refractivity contribution is 5.87. The van der Waals surface area contributed by atoms with Crippen LogP contribution in [0.15, 0.2) is 60.7 Å². The molecule has 5 nitrogen and oxygen atoms in total. The quantitative estimate of drug-likeness (QED) is 0.633. The Bertz CT molecular complexity index is 698. The monoisotopic (exact) mass is 403 g/mol. The Morgan fingerprint density at radius 1 is 0.893 bits per heavy atom. The van der Waals surface area contributed by atoms with Crippen LogP contribution >= 0.6 is 12.4 Å². The molecule has 0 fully saturated rings. The zero-order valence-corrected chi connectivity index (χ0v) is 17.4. The van der Waals surface area contributed by atoms with Gasteiger partial charge in [0, 0.05) is 12.0 Å². The predicted octanol–water partition coefficient (Wildman–Crippen LogP) is 2.84.